The van der Waals surface area contributed by atoms with Crippen LogP contribution in [0.1, 0.15) is 54.2 Å². The van der Waals surface area contributed by atoms with Crippen molar-refractivity contribution in [2.24, 2.45) is 5.92 Å². The highest BCUT2D eigenvalue weighted by Gasteiger charge is 2.72. The zero-order valence-corrected chi connectivity index (χ0v) is 20.3. The normalized spacial score (nSPS) is 32.2. The van der Waals surface area contributed by atoms with E-state index in [0.29, 0.717) is 12.2 Å². The summed E-state index contributed by atoms with van der Waals surface area (Å²) < 4.78 is 6.73. The Balaban J connectivity index is 1.32. The third-order valence-electron chi connectivity index (χ3n) is 10.6. The highest BCUT2D eigenvalue weighted by Crippen LogP contribution is 2.69. The zero-order chi connectivity index (χ0) is 23.8. The van der Waals surface area contributed by atoms with Crippen molar-refractivity contribution in [3.8, 4) is 11.5 Å². The van der Waals surface area contributed by atoms with E-state index >= 15 is 0 Å². The van der Waals surface area contributed by atoms with Crippen molar-refractivity contribution in [3.63, 3.8) is 0 Å². The first-order chi connectivity index (χ1) is 17.6. The summed E-state index contributed by atoms with van der Waals surface area (Å²) >= 11 is 0. The molecule has 0 radical (unpaired) electrons. The summed E-state index contributed by atoms with van der Waals surface area (Å²) in [5.41, 5.74) is 4.22. The number of rotatable bonds is 2. The second kappa shape index (κ2) is 6.45. The number of ether oxygens (including phenoxy) is 1. The van der Waals surface area contributed by atoms with E-state index < -0.39 is 11.0 Å². The summed E-state index contributed by atoms with van der Waals surface area (Å²) in [4.78, 5) is 6.40. The summed E-state index contributed by atoms with van der Waals surface area (Å²) in [5.74, 6) is 1.55. The smallest absolute Gasteiger partial charge is 0.166 e. The molecule has 1 aromatic heterocycles. The van der Waals surface area contributed by atoms with Crippen LogP contribution in [0.25, 0.3) is 21.7 Å². The molecule has 5 nitrogen and oxygen atoms in total. The standard InChI is InChI=1S/C31H30N2O3/c34-23-11-9-19-14-24-31(35)15-22-21-10-8-18-6-1-2-7-20(18)26(21)32-27(22)29-30(31,25(19)28(23)36-29)12-13-33(24)16-17-4-3-5-17/h1-2,6-11,17,24,29,32,34-35H,3-5,12-16H2/t24-,29+,30+,31-/m1/s1. The van der Waals surface area contributed by atoms with E-state index in [1.54, 1.807) is 6.07 Å². The Morgan fingerprint density at radius 3 is 2.81 bits per heavy atom. The quantitative estimate of drug-likeness (QED) is 0.374. The molecule has 1 saturated heterocycles. The molecule has 5 heteroatoms. The predicted octanol–water partition coefficient (Wildman–Crippen LogP) is 5.12. The van der Waals surface area contributed by atoms with Crippen molar-refractivity contribution >= 4 is 21.7 Å². The summed E-state index contributed by atoms with van der Waals surface area (Å²) in [6.07, 6.45) is 5.90. The number of aromatic nitrogens is 1. The number of fused-ring (bicyclic) bond motifs is 6. The number of likely N-dealkylation sites (tertiary alicyclic amines) is 1. The van der Waals surface area contributed by atoms with Gasteiger partial charge in [-0.15, -0.1) is 0 Å². The Kier molecular flexibility index (Phi) is 3.60. The molecule has 3 N–H and O–H groups in total. The van der Waals surface area contributed by atoms with Crippen LogP contribution < -0.4 is 4.74 Å². The molecule has 2 fully saturated rings. The molecule has 2 aliphatic heterocycles. The first kappa shape index (κ1) is 20.1. The first-order valence-corrected chi connectivity index (χ1v) is 13.6. The van der Waals surface area contributed by atoms with E-state index in [1.807, 2.05) is 0 Å². The molecular formula is C31H30N2O3. The van der Waals surface area contributed by atoms with E-state index in [9.17, 15) is 10.2 Å². The van der Waals surface area contributed by atoms with E-state index in [2.05, 4.69) is 52.3 Å². The van der Waals surface area contributed by atoms with Gasteiger partial charge in [0.2, 0.25) is 0 Å². The van der Waals surface area contributed by atoms with Crippen LogP contribution in [0.4, 0.5) is 0 Å². The second-order valence-electron chi connectivity index (χ2n) is 12.0. The number of aromatic hydroxyl groups is 1. The van der Waals surface area contributed by atoms with Gasteiger partial charge in [-0.05, 0) is 60.7 Å². The Bertz CT molecular complexity index is 1600. The van der Waals surface area contributed by atoms with Gasteiger partial charge in [0.05, 0.1) is 22.2 Å². The number of phenols is 1. The molecule has 1 saturated carbocycles. The van der Waals surface area contributed by atoms with Crippen LogP contribution in [0.15, 0.2) is 48.5 Å². The maximum Gasteiger partial charge on any atom is 0.166 e. The molecule has 5 aliphatic rings. The third-order valence-corrected chi connectivity index (χ3v) is 10.6. The lowest BCUT2D eigenvalue weighted by molar-refractivity contribution is -0.175. The van der Waals surface area contributed by atoms with Crippen LogP contribution in [0.5, 0.6) is 11.5 Å². The summed E-state index contributed by atoms with van der Waals surface area (Å²) in [7, 11) is 0. The number of phenolic OH excluding ortho intramolecular Hbond substituents is 1. The third kappa shape index (κ3) is 2.14. The lowest BCUT2D eigenvalue weighted by atomic mass is 9.49. The van der Waals surface area contributed by atoms with Crippen LogP contribution in [-0.2, 0) is 18.3 Å². The molecule has 0 unspecified atom stereocenters. The Morgan fingerprint density at radius 1 is 1.06 bits per heavy atom. The van der Waals surface area contributed by atoms with Gasteiger partial charge in [-0.2, -0.15) is 0 Å². The van der Waals surface area contributed by atoms with Gasteiger partial charge >= 0.3 is 0 Å². The van der Waals surface area contributed by atoms with Gasteiger partial charge in [0.25, 0.3) is 0 Å². The number of hydrogen-bond donors (Lipinski definition) is 3. The largest absolute Gasteiger partial charge is 0.504 e. The van der Waals surface area contributed by atoms with Crippen molar-refractivity contribution in [1.82, 2.24) is 9.88 Å². The van der Waals surface area contributed by atoms with Gasteiger partial charge in [0.15, 0.2) is 17.6 Å². The zero-order valence-electron chi connectivity index (χ0n) is 20.3. The minimum absolute atomic E-state index is 0.0551. The van der Waals surface area contributed by atoms with Crippen molar-refractivity contribution in [2.45, 2.75) is 61.7 Å². The van der Waals surface area contributed by atoms with E-state index in [4.69, 9.17) is 4.74 Å². The molecule has 0 amide bonds. The second-order valence-corrected chi connectivity index (χ2v) is 12.0. The van der Waals surface area contributed by atoms with Crippen LogP contribution in [0.2, 0.25) is 0 Å². The Labute approximate surface area is 209 Å². The number of nitrogens with zero attached hydrogens (tertiary/aromatic N) is 1. The minimum Gasteiger partial charge on any atom is -0.504 e. The minimum atomic E-state index is -0.945. The summed E-state index contributed by atoms with van der Waals surface area (Å²) in [6.45, 7) is 2.05. The van der Waals surface area contributed by atoms with Crippen molar-refractivity contribution in [1.29, 1.82) is 0 Å². The van der Waals surface area contributed by atoms with E-state index in [0.717, 1.165) is 48.6 Å². The van der Waals surface area contributed by atoms with Crippen molar-refractivity contribution < 1.29 is 14.9 Å². The highest BCUT2D eigenvalue weighted by molar-refractivity contribution is 6.07. The lowest BCUT2D eigenvalue weighted by Crippen LogP contribution is -2.74. The SMILES string of the molecule is Oc1ccc2c3c1O[C@H]1c4[nH]c5c(ccc6ccccc65)c4C[C@@]4(O)[C@@H](C2)N(CC2CCC2)CC[C@]314. The molecule has 1 spiro atoms. The van der Waals surface area contributed by atoms with Gasteiger partial charge in [-0.1, -0.05) is 48.9 Å². The average Bonchev–Trinajstić information content (AvgIpc) is 3.39. The Hall–Kier alpha value is -3.02. The molecule has 3 aliphatic carbocycles. The van der Waals surface area contributed by atoms with Crippen LogP contribution in [0, 0.1) is 5.92 Å². The molecular weight excluding hydrogens is 448 g/mol. The van der Waals surface area contributed by atoms with E-state index in [-0.39, 0.29) is 17.9 Å². The topological polar surface area (TPSA) is 68.7 Å². The molecule has 2 bridgehead atoms. The number of benzene rings is 3. The fourth-order valence-corrected chi connectivity index (χ4v) is 8.74. The maximum absolute atomic E-state index is 13.0. The number of aliphatic hydroxyl groups is 1. The molecule has 4 aromatic rings. The summed E-state index contributed by atoms with van der Waals surface area (Å²) in [5, 5.41) is 27.5. The van der Waals surface area contributed by atoms with Gasteiger partial charge in [-0.3, -0.25) is 4.90 Å². The summed E-state index contributed by atoms with van der Waals surface area (Å²) in [6, 6.07) is 16.8. The van der Waals surface area contributed by atoms with Crippen LogP contribution >= 0.6 is 0 Å². The number of piperidine rings is 1. The monoisotopic (exact) mass is 478 g/mol. The molecule has 3 aromatic carbocycles. The lowest BCUT2D eigenvalue weighted by Gasteiger charge is -2.63. The van der Waals surface area contributed by atoms with Crippen molar-refractivity contribution in [2.75, 3.05) is 13.1 Å². The average molecular weight is 479 g/mol. The van der Waals surface area contributed by atoms with Crippen LogP contribution in [-0.4, -0.2) is 44.8 Å². The number of nitrogens with one attached hydrogen (secondary N) is 1. The Morgan fingerprint density at radius 2 is 1.94 bits per heavy atom. The fraction of sp³-hybridized carbons (Fsp3) is 0.419. The van der Waals surface area contributed by atoms with Gasteiger partial charge < -0.3 is 19.9 Å². The van der Waals surface area contributed by atoms with E-state index in [1.165, 1.54) is 46.5 Å². The molecule has 4 atom stereocenters. The molecule has 9 rings (SSSR count). The van der Waals surface area contributed by atoms with Gasteiger partial charge in [0, 0.05) is 35.3 Å². The fourth-order valence-electron chi connectivity index (χ4n) is 8.74. The number of hydrogen-bond acceptors (Lipinski definition) is 4. The highest BCUT2D eigenvalue weighted by atomic mass is 16.5. The predicted molar refractivity (Wildman–Crippen MR) is 139 cm³/mol. The maximum atomic E-state index is 13.0. The van der Waals surface area contributed by atoms with Gasteiger partial charge in [-0.25, -0.2) is 0 Å². The van der Waals surface area contributed by atoms with Crippen LogP contribution in [0.3, 0.4) is 0 Å². The van der Waals surface area contributed by atoms with Crippen molar-refractivity contribution in [3.05, 3.63) is 70.9 Å². The molecule has 36 heavy (non-hydrogen) atoms. The first-order valence-electron chi connectivity index (χ1n) is 13.6. The number of H-pyrrole nitrogens is 1. The number of aromatic amines is 1. The van der Waals surface area contributed by atoms with Gasteiger partial charge in [0.1, 0.15) is 0 Å². The molecule has 3 heterocycles. The molecule has 182 valence electrons.